The van der Waals surface area contributed by atoms with Gasteiger partial charge in [0.15, 0.2) is 0 Å². The van der Waals surface area contributed by atoms with E-state index in [1.807, 2.05) is 31.2 Å². The molecular formula is C15H22N2O2. The van der Waals surface area contributed by atoms with Crippen molar-refractivity contribution < 1.29 is 9.53 Å². The standard InChI is InChI=1S/C15H22N2O2/c1-3-9-17-15(18)12-16-11-13-7-5-6-8-14(13)19-10-4-2/h4-8,16H,2-3,9-12H2,1H3,(H,17,18). The molecule has 0 spiro atoms. The Morgan fingerprint density at radius 2 is 2.21 bits per heavy atom. The van der Waals surface area contributed by atoms with Crippen LogP contribution in [-0.4, -0.2) is 25.6 Å². The van der Waals surface area contributed by atoms with Gasteiger partial charge in [0.2, 0.25) is 5.91 Å². The van der Waals surface area contributed by atoms with E-state index in [1.165, 1.54) is 0 Å². The third-order valence-electron chi connectivity index (χ3n) is 2.50. The van der Waals surface area contributed by atoms with Crippen molar-refractivity contribution in [3.63, 3.8) is 0 Å². The Morgan fingerprint density at radius 3 is 2.95 bits per heavy atom. The maximum absolute atomic E-state index is 11.4. The number of amides is 1. The van der Waals surface area contributed by atoms with E-state index in [9.17, 15) is 4.79 Å². The van der Waals surface area contributed by atoms with E-state index in [2.05, 4.69) is 17.2 Å². The van der Waals surface area contributed by atoms with E-state index in [0.717, 1.165) is 24.3 Å². The van der Waals surface area contributed by atoms with Crippen LogP contribution in [0.5, 0.6) is 5.75 Å². The summed E-state index contributed by atoms with van der Waals surface area (Å²) < 4.78 is 5.55. The number of nitrogens with one attached hydrogen (secondary N) is 2. The van der Waals surface area contributed by atoms with Crippen LogP contribution in [0.4, 0.5) is 0 Å². The van der Waals surface area contributed by atoms with E-state index < -0.39 is 0 Å². The minimum atomic E-state index is 0.0198. The van der Waals surface area contributed by atoms with Crippen molar-refractivity contribution in [2.24, 2.45) is 0 Å². The van der Waals surface area contributed by atoms with Gasteiger partial charge in [0, 0.05) is 18.7 Å². The van der Waals surface area contributed by atoms with Crippen molar-refractivity contribution in [3.05, 3.63) is 42.5 Å². The van der Waals surface area contributed by atoms with E-state index in [0.29, 0.717) is 19.7 Å². The van der Waals surface area contributed by atoms with Crippen LogP contribution in [0.3, 0.4) is 0 Å². The second-order valence-electron chi connectivity index (χ2n) is 4.16. The number of carbonyl (C=O) groups excluding carboxylic acids is 1. The van der Waals surface area contributed by atoms with E-state index in [4.69, 9.17) is 4.74 Å². The van der Waals surface area contributed by atoms with E-state index in [-0.39, 0.29) is 5.91 Å². The minimum absolute atomic E-state index is 0.0198. The highest BCUT2D eigenvalue weighted by molar-refractivity contribution is 5.77. The van der Waals surface area contributed by atoms with E-state index >= 15 is 0 Å². The Bertz CT molecular complexity index is 405. The molecular weight excluding hydrogens is 240 g/mol. The first kappa shape index (κ1) is 15.2. The quantitative estimate of drug-likeness (QED) is 0.668. The summed E-state index contributed by atoms with van der Waals surface area (Å²) in [5, 5.41) is 5.93. The molecule has 0 aliphatic heterocycles. The largest absolute Gasteiger partial charge is 0.489 e. The van der Waals surface area contributed by atoms with Crippen molar-refractivity contribution in [1.29, 1.82) is 0 Å². The summed E-state index contributed by atoms with van der Waals surface area (Å²) in [6.45, 7) is 7.78. The topological polar surface area (TPSA) is 50.4 Å². The lowest BCUT2D eigenvalue weighted by Gasteiger charge is -2.11. The van der Waals surface area contributed by atoms with Crippen LogP contribution in [-0.2, 0) is 11.3 Å². The number of benzene rings is 1. The Balaban J connectivity index is 2.39. The summed E-state index contributed by atoms with van der Waals surface area (Å²) in [5.41, 5.74) is 1.03. The second-order valence-corrected chi connectivity index (χ2v) is 4.16. The molecule has 0 atom stereocenters. The highest BCUT2D eigenvalue weighted by Gasteiger charge is 2.03. The summed E-state index contributed by atoms with van der Waals surface area (Å²) >= 11 is 0. The highest BCUT2D eigenvalue weighted by Crippen LogP contribution is 2.17. The van der Waals surface area contributed by atoms with Crippen molar-refractivity contribution in [1.82, 2.24) is 10.6 Å². The zero-order chi connectivity index (χ0) is 13.9. The summed E-state index contributed by atoms with van der Waals surface area (Å²) in [5.74, 6) is 0.843. The molecule has 2 N–H and O–H groups in total. The van der Waals surface area contributed by atoms with Gasteiger partial charge >= 0.3 is 0 Å². The number of para-hydroxylation sites is 1. The molecule has 0 radical (unpaired) electrons. The SMILES string of the molecule is C=CCOc1ccccc1CNCC(=O)NCCC. The molecule has 0 aromatic heterocycles. The fourth-order valence-electron chi connectivity index (χ4n) is 1.58. The smallest absolute Gasteiger partial charge is 0.233 e. The zero-order valence-corrected chi connectivity index (χ0v) is 11.4. The molecule has 104 valence electrons. The molecule has 1 rings (SSSR count). The Hall–Kier alpha value is -1.81. The van der Waals surface area contributed by atoms with Gasteiger partial charge in [0.05, 0.1) is 6.54 Å². The van der Waals surface area contributed by atoms with Gasteiger partial charge in [0.1, 0.15) is 12.4 Å². The predicted molar refractivity (Wildman–Crippen MR) is 77.1 cm³/mol. The van der Waals surface area contributed by atoms with Crippen molar-refractivity contribution in [3.8, 4) is 5.75 Å². The highest BCUT2D eigenvalue weighted by atomic mass is 16.5. The maximum Gasteiger partial charge on any atom is 0.233 e. The fraction of sp³-hybridized carbons (Fsp3) is 0.400. The lowest BCUT2D eigenvalue weighted by atomic mass is 10.2. The van der Waals surface area contributed by atoms with Crippen LogP contribution in [0.25, 0.3) is 0 Å². The van der Waals surface area contributed by atoms with E-state index in [1.54, 1.807) is 6.08 Å². The molecule has 0 saturated carbocycles. The summed E-state index contributed by atoms with van der Waals surface area (Å²) in [7, 11) is 0. The van der Waals surface area contributed by atoms with Crippen LogP contribution < -0.4 is 15.4 Å². The molecule has 1 aromatic rings. The molecule has 0 aliphatic carbocycles. The zero-order valence-electron chi connectivity index (χ0n) is 11.4. The predicted octanol–water partition coefficient (Wildman–Crippen LogP) is 1.87. The Labute approximate surface area is 114 Å². The number of hydrogen-bond donors (Lipinski definition) is 2. The molecule has 4 nitrogen and oxygen atoms in total. The molecule has 19 heavy (non-hydrogen) atoms. The average molecular weight is 262 g/mol. The second kappa shape index (κ2) is 9.16. The lowest BCUT2D eigenvalue weighted by molar-refractivity contribution is -0.120. The number of ether oxygens (including phenoxy) is 1. The third-order valence-corrected chi connectivity index (χ3v) is 2.50. The van der Waals surface area contributed by atoms with Crippen LogP contribution in [0.1, 0.15) is 18.9 Å². The van der Waals surface area contributed by atoms with Gasteiger partial charge in [-0.25, -0.2) is 0 Å². The summed E-state index contributed by atoms with van der Waals surface area (Å²) in [6, 6.07) is 7.78. The molecule has 4 heteroatoms. The van der Waals surface area contributed by atoms with Gasteiger partial charge in [-0.1, -0.05) is 37.8 Å². The summed E-state index contributed by atoms with van der Waals surface area (Å²) in [6.07, 6.45) is 2.66. The van der Waals surface area contributed by atoms with Crippen LogP contribution in [0.15, 0.2) is 36.9 Å². The van der Waals surface area contributed by atoms with Crippen LogP contribution in [0, 0.1) is 0 Å². The Kier molecular flexibility index (Phi) is 7.35. The first-order valence-electron chi connectivity index (χ1n) is 6.57. The molecule has 0 saturated heterocycles. The number of hydrogen-bond acceptors (Lipinski definition) is 3. The number of carbonyl (C=O) groups is 1. The first-order valence-corrected chi connectivity index (χ1v) is 6.57. The Morgan fingerprint density at radius 1 is 1.42 bits per heavy atom. The van der Waals surface area contributed by atoms with Crippen molar-refractivity contribution in [2.75, 3.05) is 19.7 Å². The van der Waals surface area contributed by atoms with Gasteiger partial charge in [-0.2, -0.15) is 0 Å². The maximum atomic E-state index is 11.4. The number of rotatable bonds is 9. The van der Waals surface area contributed by atoms with Gasteiger partial charge in [-0.3, -0.25) is 4.79 Å². The third kappa shape index (κ3) is 6.06. The lowest BCUT2D eigenvalue weighted by Crippen LogP contribution is -2.34. The molecule has 0 bridgehead atoms. The fourth-order valence-corrected chi connectivity index (χ4v) is 1.58. The first-order chi connectivity index (χ1) is 9.27. The normalized spacial score (nSPS) is 9.95. The van der Waals surface area contributed by atoms with Crippen molar-refractivity contribution >= 4 is 5.91 Å². The average Bonchev–Trinajstić information content (AvgIpc) is 2.44. The molecule has 0 aliphatic rings. The van der Waals surface area contributed by atoms with Gasteiger partial charge in [-0.05, 0) is 12.5 Å². The van der Waals surface area contributed by atoms with Crippen LogP contribution in [0.2, 0.25) is 0 Å². The molecule has 0 heterocycles. The minimum Gasteiger partial charge on any atom is -0.489 e. The molecule has 1 amide bonds. The molecule has 1 aromatic carbocycles. The molecule has 0 unspecified atom stereocenters. The monoisotopic (exact) mass is 262 g/mol. The van der Waals surface area contributed by atoms with Crippen molar-refractivity contribution in [2.45, 2.75) is 19.9 Å². The van der Waals surface area contributed by atoms with Crippen LogP contribution >= 0.6 is 0 Å². The molecule has 0 fully saturated rings. The van der Waals surface area contributed by atoms with Gasteiger partial charge in [-0.15, -0.1) is 0 Å². The summed E-state index contributed by atoms with van der Waals surface area (Å²) in [4.78, 5) is 11.4. The van der Waals surface area contributed by atoms with Gasteiger partial charge in [0.25, 0.3) is 0 Å². The van der Waals surface area contributed by atoms with Gasteiger partial charge < -0.3 is 15.4 Å².